The van der Waals surface area contributed by atoms with E-state index in [4.69, 9.17) is 4.74 Å². The Kier molecular flexibility index (Phi) is 1.76. The number of rotatable bonds is 0. The van der Waals surface area contributed by atoms with Gasteiger partial charge < -0.3 is 14.6 Å². The maximum absolute atomic E-state index is 11.6. The summed E-state index contributed by atoms with van der Waals surface area (Å²) in [7, 11) is 1.74. The maximum atomic E-state index is 11.6. The summed E-state index contributed by atoms with van der Waals surface area (Å²) >= 11 is 0. The Bertz CT molecular complexity index is 395. The van der Waals surface area contributed by atoms with Gasteiger partial charge in [0.2, 0.25) is 0 Å². The topological polar surface area (TPSA) is 43.3 Å². The Morgan fingerprint density at radius 3 is 3.15 bits per heavy atom. The molecule has 1 aromatic heterocycles. The minimum absolute atomic E-state index is 0.0275. The summed E-state index contributed by atoms with van der Waals surface area (Å²) in [5.41, 5.74) is 1.55. The normalized spacial score (nSPS) is 14.3. The van der Waals surface area contributed by atoms with Crippen LogP contribution < -0.4 is 15.6 Å². The van der Waals surface area contributed by atoms with Crippen LogP contribution in [0.15, 0.2) is 11.0 Å². The molecule has 0 saturated carbocycles. The molecular formula is C9H12N2O2. The first-order valence-electron chi connectivity index (χ1n) is 4.27. The first kappa shape index (κ1) is 8.16. The smallest absolute Gasteiger partial charge is 0.277 e. The molecule has 1 N–H and O–H groups in total. The molecule has 4 nitrogen and oxygen atoms in total. The fourth-order valence-corrected chi connectivity index (χ4v) is 1.55. The minimum Gasteiger partial charge on any atom is -0.489 e. The Morgan fingerprint density at radius 1 is 1.62 bits per heavy atom. The second-order valence-corrected chi connectivity index (χ2v) is 3.21. The Labute approximate surface area is 76.1 Å². The van der Waals surface area contributed by atoms with Gasteiger partial charge in [-0.2, -0.15) is 0 Å². The molecule has 1 aliphatic rings. The Morgan fingerprint density at radius 2 is 2.38 bits per heavy atom. The lowest BCUT2D eigenvalue weighted by atomic mass is 10.2. The van der Waals surface area contributed by atoms with E-state index in [0.717, 1.165) is 5.56 Å². The summed E-state index contributed by atoms with van der Waals surface area (Å²) in [6, 6.07) is 0. The molecule has 0 atom stereocenters. The van der Waals surface area contributed by atoms with Crippen molar-refractivity contribution in [2.24, 2.45) is 7.05 Å². The van der Waals surface area contributed by atoms with Gasteiger partial charge in [0.05, 0.1) is 0 Å². The van der Waals surface area contributed by atoms with Gasteiger partial charge >= 0.3 is 0 Å². The van der Waals surface area contributed by atoms with Gasteiger partial charge in [0.1, 0.15) is 12.3 Å². The van der Waals surface area contributed by atoms with E-state index in [1.807, 2.05) is 6.92 Å². The summed E-state index contributed by atoms with van der Waals surface area (Å²) in [6.07, 6.45) is 1.79. The van der Waals surface area contributed by atoms with E-state index in [1.54, 1.807) is 17.8 Å². The molecule has 0 aromatic carbocycles. The highest BCUT2D eigenvalue weighted by molar-refractivity contribution is 5.59. The van der Waals surface area contributed by atoms with Gasteiger partial charge in [-0.25, -0.2) is 0 Å². The van der Waals surface area contributed by atoms with E-state index >= 15 is 0 Å². The number of nitrogens with one attached hydrogen (secondary N) is 1. The van der Waals surface area contributed by atoms with E-state index in [-0.39, 0.29) is 5.56 Å². The summed E-state index contributed by atoms with van der Waals surface area (Å²) in [5.74, 6) is 0.703. The third-order valence-corrected chi connectivity index (χ3v) is 2.16. The summed E-state index contributed by atoms with van der Waals surface area (Å²) in [6.45, 7) is 3.26. The van der Waals surface area contributed by atoms with E-state index in [9.17, 15) is 4.79 Å². The SMILES string of the molecule is Cc1cn(C)c(=O)c2c1OCCN2. The number of aryl methyl sites for hydroxylation is 2. The van der Waals surface area contributed by atoms with Gasteiger partial charge in [0.15, 0.2) is 5.75 Å². The van der Waals surface area contributed by atoms with Gasteiger partial charge in [0.25, 0.3) is 5.56 Å². The van der Waals surface area contributed by atoms with Crippen LogP contribution in [0.25, 0.3) is 0 Å². The lowest BCUT2D eigenvalue weighted by molar-refractivity contribution is 0.319. The zero-order valence-electron chi connectivity index (χ0n) is 7.76. The second-order valence-electron chi connectivity index (χ2n) is 3.21. The van der Waals surface area contributed by atoms with E-state index in [0.29, 0.717) is 24.6 Å². The van der Waals surface area contributed by atoms with Crippen molar-refractivity contribution < 1.29 is 4.74 Å². The average Bonchev–Trinajstić information content (AvgIpc) is 2.15. The molecule has 70 valence electrons. The number of pyridine rings is 1. The molecule has 0 fully saturated rings. The minimum atomic E-state index is -0.0275. The predicted molar refractivity (Wildman–Crippen MR) is 50.4 cm³/mol. The third kappa shape index (κ3) is 1.18. The number of hydrogen-bond donors (Lipinski definition) is 1. The second kappa shape index (κ2) is 2.80. The number of ether oxygens (including phenoxy) is 1. The van der Waals surface area contributed by atoms with Crippen LogP contribution in [0.3, 0.4) is 0 Å². The van der Waals surface area contributed by atoms with Crippen LogP contribution in [0.5, 0.6) is 5.75 Å². The average molecular weight is 180 g/mol. The molecule has 0 saturated heterocycles. The first-order valence-corrected chi connectivity index (χ1v) is 4.27. The lowest BCUT2D eigenvalue weighted by Crippen LogP contribution is -2.28. The van der Waals surface area contributed by atoms with Crippen molar-refractivity contribution in [2.75, 3.05) is 18.5 Å². The molecule has 0 spiro atoms. The van der Waals surface area contributed by atoms with Crippen LogP contribution in [0.1, 0.15) is 5.56 Å². The van der Waals surface area contributed by atoms with Crippen molar-refractivity contribution in [3.63, 3.8) is 0 Å². The molecule has 4 heteroatoms. The number of aromatic nitrogens is 1. The van der Waals surface area contributed by atoms with Gasteiger partial charge in [-0.05, 0) is 6.92 Å². The van der Waals surface area contributed by atoms with E-state index < -0.39 is 0 Å². The lowest BCUT2D eigenvalue weighted by Gasteiger charge is -2.20. The fourth-order valence-electron chi connectivity index (χ4n) is 1.55. The zero-order chi connectivity index (χ0) is 9.42. The van der Waals surface area contributed by atoms with Crippen LogP contribution >= 0.6 is 0 Å². The monoisotopic (exact) mass is 180 g/mol. The van der Waals surface area contributed by atoms with Crippen molar-refractivity contribution in [3.05, 3.63) is 22.1 Å². The van der Waals surface area contributed by atoms with Crippen molar-refractivity contribution >= 4 is 5.69 Å². The van der Waals surface area contributed by atoms with Gasteiger partial charge in [-0.15, -0.1) is 0 Å². The standard InChI is InChI=1S/C9H12N2O2/c1-6-5-11(2)9(12)7-8(6)13-4-3-10-7/h5,10H,3-4H2,1-2H3. The molecule has 13 heavy (non-hydrogen) atoms. The number of hydrogen-bond acceptors (Lipinski definition) is 3. The third-order valence-electron chi connectivity index (χ3n) is 2.16. The van der Waals surface area contributed by atoms with E-state index in [2.05, 4.69) is 5.32 Å². The number of anilines is 1. The first-order chi connectivity index (χ1) is 6.20. The van der Waals surface area contributed by atoms with Gasteiger partial charge in [0, 0.05) is 25.4 Å². The largest absolute Gasteiger partial charge is 0.489 e. The van der Waals surface area contributed by atoms with Crippen molar-refractivity contribution in [1.82, 2.24) is 4.57 Å². The molecule has 0 amide bonds. The summed E-state index contributed by atoms with van der Waals surface area (Å²) in [4.78, 5) is 11.6. The van der Waals surface area contributed by atoms with Crippen molar-refractivity contribution in [1.29, 1.82) is 0 Å². The predicted octanol–water partition coefficient (Wildman–Crippen LogP) is 0.498. The summed E-state index contributed by atoms with van der Waals surface area (Å²) in [5, 5.41) is 3.05. The van der Waals surface area contributed by atoms with Crippen molar-refractivity contribution in [3.8, 4) is 5.75 Å². The van der Waals surface area contributed by atoms with E-state index in [1.165, 1.54) is 0 Å². The molecule has 0 aliphatic carbocycles. The number of fused-ring (bicyclic) bond motifs is 1. The highest BCUT2D eigenvalue weighted by Crippen LogP contribution is 2.26. The highest BCUT2D eigenvalue weighted by atomic mass is 16.5. The molecule has 1 aromatic rings. The van der Waals surface area contributed by atoms with Crippen LogP contribution in [-0.4, -0.2) is 17.7 Å². The van der Waals surface area contributed by atoms with Crippen LogP contribution in [0, 0.1) is 6.92 Å². The Hall–Kier alpha value is -1.45. The van der Waals surface area contributed by atoms with Gasteiger partial charge in [-0.1, -0.05) is 0 Å². The fraction of sp³-hybridized carbons (Fsp3) is 0.444. The number of nitrogens with zero attached hydrogens (tertiary/aromatic N) is 1. The molecule has 0 radical (unpaired) electrons. The molecular weight excluding hydrogens is 168 g/mol. The molecule has 2 rings (SSSR count). The summed E-state index contributed by atoms with van der Waals surface area (Å²) < 4.78 is 6.98. The zero-order valence-corrected chi connectivity index (χ0v) is 7.76. The van der Waals surface area contributed by atoms with Crippen LogP contribution in [0.4, 0.5) is 5.69 Å². The highest BCUT2D eigenvalue weighted by Gasteiger charge is 2.16. The van der Waals surface area contributed by atoms with Crippen LogP contribution in [-0.2, 0) is 7.05 Å². The van der Waals surface area contributed by atoms with Crippen LogP contribution in [0.2, 0.25) is 0 Å². The quantitative estimate of drug-likeness (QED) is 0.632. The van der Waals surface area contributed by atoms with Crippen molar-refractivity contribution in [2.45, 2.75) is 6.92 Å². The maximum Gasteiger partial charge on any atom is 0.277 e. The molecule has 0 bridgehead atoms. The Balaban J connectivity index is 2.70. The molecule has 1 aliphatic heterocycles. The molecule has 2 heterocycles. The van der Waals surface area contributed by atoms with Gasteiger partial charge in [-0.3, -0.25) is 4.79 Å². The molecule has 0 unspecified atom stereocenters.